The number of hydrogen-bond acceptors (Lipinski definition) is 4. The Bertz CT molecular complexity index is 312. The summed E-state index contributed by atoms with van der Waals surface area (Å²) in [5, 5.41) is 20.6. The van der Waals surface area contributed by atoms with Crippen molar-refractivity contribution in [3.05, 3.63) is 11.9 Å². The second kappa shape index (κ2) is 4.72. The fourth-order valence-corrected chi connectivity index (χ4v) is 2.11. The minimum Gasteiger partial charge on any atom is -0.393 e. The summed E-state index contributed by atoms with van der Waals surface area (Å²) in [5.74, 6) is 0.622. The predicted molar refractivity (Wildman–Crippen MR) is 56.1 cm³/mol. The van der Waals surface area contributed by atoms with Gasteiger partial charge < -0.3 is 10.4 Å². The maximum absolute atomic E-state index is 9.37. The van der Waals surface area contributed by atoms with Crippen molar-refractivity contribution in [2.75, 3.05) is 6.54 Å². The van der Waals surface area contributed by atoms with Gasteiger partial charge >= 0.3 is 0 Å². The van der Waals surface area contributed by atoms with E-state index in [4.69, 9.17) is 0 Å². The number of aryl methyl sites for hydroxylation is 1. The lowest BCUT2D eigenvalue weighted by atomic mass is 10.1. The maximum atomic E-state index is 9.37. The molecule has 0 spiro atoms. The summed E-state index contributed by atoms with van der Waals surface area (Å²) in [6.07, 6.45) is 4.86. The zero-order chi connectivity index (χ0) is 10.7. The molecular formula is C10H18N4O. The molecule has 2 rings (SSSR count). The molecule has 1 aliphatic rings. The van der Waals surface area contributed by atoms with Crippen molar-refractivity contribution in [1.82, 2.24) is 20.3 Å². The molecule has 0 aliphatic heterocycles. The Balaban J connectivity index is 1.67. The van der Waals surface area contributed by atoms with Crippen molar-refractivity contribution in [3.8, 4) is 0 Å². The number of aliphatic hydroxyl groups is 1. The third-order valence-electron chi connectivity index (χ3n) is 2.90. The molecule has 5 heteroatoms. The molecule has 1 saturated carbocycles. The van der Waals surface area contributed by atoms with Gasteiger partial charge in [0.2, 0.25) is 0 Å². The molecule has 2 atom stereocenters. The van der Waals surface area contributed by atoms with Crippen LogP contribution in [0.2, 0.25) is 0 Å². The average molecular weight is 210 g/mol. The molecule has 0 saturated heterocycles. The zero-order valence-electron chi connectivity index (χ0n) is 9.06. The van der Waals surface area contributed by atoms with Gasteiger partial charge in [-0.2, -0.15) is 0 Å². The van der Waals surface area contributed by atoms with E-state index in [-0.39, 0.29) is 6.10 Å². The van der Waals surface area contributed by atoms with Gasteiger partial charge in [0, 0.05) is 19.8 Å². The van der Waals surface area contributed by atoms with E-state index >= 15 is 0 Å². The van der Waals surface area contributed by atoms with Gasteiger partial charge in [0.05, 0.1) is 11.8 Å². The second-order valence-corrected chi connectivity index (χ2v) is 4.35. The maximum Gasteiger partial charge on any atom is 0.0964 e. The van der Waals surface area contributed by atoms with Gasteiger partial charge in [-0.15, -0.1) is 5.10 Å². The van der Waals surface area contributed by atoms with Crippen LogP contribution in [0.3, 0.4) is 0 Å². The highest BCUT2D eigenvalue weighted by atomic mass is 16.3. The standard InChI is InChI=1S/C10H18N4O/c1-14-7-9(12-13-14)6-11-5-8-2-3-10(15)4-8/h7-8,10-11,15H,2-6H2,1H3. The molecule has 1 aromatic rings. The second-order valence-electron chi connectivity index (χ2n) is 4.35. The van der Waals surface area contributed by atoms with Crippen LogP contribution in [0.1, 0.15) is 25.0 Å². The molecule has 1 heterocycles. The highest BCUT2D eigenvalue weighted by molar-refractivity contribution is 4.91. The fraction of sp³-hybridized carbons (Fsp3) is 0.800. The van der Waals surface area contributed by atoms with Crippen LogP contribution in [0.5, 0.6) is 0 Å². The molecule has 5 nitrogen and oxygen atoms in total. The van der Waals surface area contributed by atoms with Crippen LogP contribution in [0, 0.1) is 5.92 Å². The molecular weight excluding hydrogens is 192 g/mol. The van der Waals surface area contributed by atoms with Crippen molar-refractivity contribution in [2.24, 2.45) is 13.0 Å². The fourth-order valence-electron chi connectivity index (χ4n) is 2.11. The minimum atomic E-state index is -0.0756. The van der Waals surface area contributed by atoms with Gasteiger partial charge in [-0.1, -0.05) is 5.21 Å². The van der Waals surface area contributed by atoms with Crippen LogP contribution < -0.4 is 5.32 Å². The summed E-state index contributed by atoms with van der Waals surface area (Å²) in [6.45, 7) is 1.73. The number of aromatic nitrogens is 3. The topological polar surface area (TPSA) is 63.0 Å². The van der Waals surface area contributed by atoms with Crippen LogP contribution in [0.25, 0.3) is 0 Å². The van der Waals surface area contributed by atoms with Crippen molar-refractivity contribution in [3.63, 3.8) is 0 Å². The third kappa shape index (κ3) is 3.00. The molecule has 1 aliphatic carbocycles. The van der Waals surface area contributed by atoms with E-state index in [1.54, 1.807) is 4.68 Å². The van der Waals surface area contributed by atoms with Crippen molar-refractivity contribution in [2.45, 2.75) is 31.9 Å². The minimum absolute atomic E-state index is 0.0756. The summed E-state index contributed by atoms with van der Waals surface area (Å²) in [7, 11) is 1.86. The first-order valence-corrected chi connectivity index (χ1v) is 5.48. The third-order valence-corrected chi connectivity index (χ3v) is 2.90. The molecule has 1 fully saturated rings. The molecule has 0 aromatic carbocycles. The van der Waals surface area contributed by atoms with Gasteiger partial charge in [0.1, 0.15) is 0 Å². The lowest BCUT2D eigenvalue weighted by Crippen LogP contribution is -2.21. The number of rotatable bonds is 4. The number of hydrogen-bond donors (Lipinski definition) is 2. The van der Waals surface area contributed by atoms with Gasteiger partial charge in [0.15, 0.2) is 0 Å². The van der Waals surface area contributed by atoms with Gasteiger partial charge in [-0.05, 0) is 31.7 Å². The largest absolute Gasteiger partial charge is 0.393 e. The summed E-state index contributed by atoms with van der Waals surface area (Å²) in [4.78, 5) is 0. The van der Waals surface area contributed by atoms with E-state index in [2.05, 4.69) is 15.6 Å². The van der Waals surface area contributed by atoms with Gasteiger partial charge in [-0.3, -0.25) is 4.68 Å². The van der Waals surface area contributed by atoms with E-state index in [0.717, 1.165) is 38.0 Å². The summed E-state index contributed by atoms with van der Waals surface area (Å²) in [6, 6.07) is 0. The molecule has 2 N–H and O–H groups in total. The van der Waals surface area contributed by atoms with E-state index in [9.17, 15) is 5.11 Å². The van der Waals surface area contributed by atoms with E-state index < -0.39 is 0 Å². The Morgan fingerprint density at radius 2 is 2.47 bits per heavy atom. The lowest BCUT2D eigenvalue weighted by Gasteiger charge is -2.09. The summed E-state index contributed by atoms with van der Waals surface area (Å²) < 4.78 is 1.70. The van der Waals surface area contributed by atoms with E-state index in [1.807, 2.05) is 13.2 Å². The monoisotopic (exact) mass is 210 g/mol. The average Bonchev–Trinajstić information content (AvgIpc) is 2.76. The molecule has 1 aromatic heterocycles. The SMILES string of the molecule is Cn1cc(CNCC2CCC(O)C2)nn1. The van der Waals surface area contributed by atoms with E-state index in [0.29, 0.717) is 5.92 Å². The molecule has 15 heavy (non-hydrogen) atoms. The van der Waals surface area contributed by atoms with Crippen LogP contribution in [0.4, 0.5) is 0 Å². The first-order valence-electron chi connectivity index (χ1n) is 5.48. The normalized spacial score (nSPS) is 26.0. The summed E-state index contributed by atoms with van der Waals surface area (Å²) in [5.41, 5.74) is 0.969. The smallest absolute Gasteiger partial charge is 0.0964 e. The van der Waals surface area contributed by atoms with Crippen molar-refractivity contribution >= 4 is 0 Å². The van der Waals surface area contributed by atoms with Gasteiger partial charge in [0.25, 0.3) is 0 Å². The van der Waals surface area contributed by atoms with Gasteiger partial charge in [-0.25, -0.2) is 0 Å². The lowest BCUT2D eigenvalue weighted by molar-refractivity contribution is 0.177. The molecule has 2 unspecified atom stereocenters. The van der Waals surface area contributed by atoms with Crippen LogP contribution in [0.15, 0.2) is 6.20 Å². The quantitative estimate of drug-likeness (QED) is 0.738. The summed E-state index contributed by atoms with van der Waals surface area (Å²) >= 11 is 0. The Morgan fingerprint density at radius 3 is 3.07 bits per heavy atom. The zero-order valence-corrected chi connectivity index (χ0v) is 9.06. The first-order chi connectivity index (χ1) is 7.24. The van der Waals surface area contributed by atoms with Crippen LogP contribution in [-0.2, 0) is 13.6 Å². The number of aliphatic hydroxyl groups excluding tert-OH is 1. The highest BCUT2D eigenvalue weighted by Crippen LogP contribution is 2.24. The highest BCUT2D eigenvalue weighted by Gasteiger charge is 2.21. The molecule has 0 radical (unpaired) electrons. The Labute approximate surface area is 89.5 Å². The van der Waals surface area contributed by atoms with Crippen LogP contribution in [-0.4, -0.2) is 32.7 Å². The number of nitrogens with zero attached hydrogens (tertiary/aromatic N) is 3. The van der Waals surface area contributed by atoms with E-state index in [1.165, 1.54) is 0 Å². The van der Waals surface area contributed by atoms with Crippen molar-refractivity contribution in [1.29, 1.82) is 0 Å². The molecule has 84 valence electrons. The van der Waals surface area contributed by atoms with Crippen molar-refractivity contribution < 1.29 is 5.11 Å². The molecule has 0 bridgehead atoms. The number of nitrogens with one attached hydrogen (secondary N) is 1. The first kappa shape index (κ1) is 10.6. The molecule has 0 amide bonds. The van der Waals surface area contributed by atoms with Crippen LogP contribution >= 0.6 is 0 Å². The Kier molecular flexibility index (Phi) is 3.33. The predicted octanol–water partition coefficient (Wildman–Crippen LogP) is 0.0657. The Morgan fingerprint density at radius 1 is 1.60 bits per heavy atom. The Hall–Kier alpha value is -0.940.